The maximum atomic E-state index is 12.5. The molecule has 4 nitrogen and oxygen atoms in total. The Bertz CT molecular complexity index is 610. The summed E-state index contributed by atoms with van der Waals surface area (Å²) in [6, 6.07) is 4.37. The minimum Gasteiger partial charge on any atom is -0.335 e. The van der Waals surface area contributed by atoms with Crippen LogP contribution in [0.15, 0.2) is 18.2 Å². The Morgan fingerprint density at radius 3 is 2.35 bits per heavy atom. The van der Waals surface area contributed by atoms with Crippen molar-refractivity contribution in [3.63, 3.8) is 0 Å². The highest BCUT2D eigenvalue weighted by Gasteiger charge is 2.34. The average molecular weight is 336 g/mol. The predicted octanol–water partition coefficient (Wildman–Crippen LogP) is 2.64. The number of halogens is 2. The van der Waals surface area contributed by atoms with Crippen LogP contribution in [0.25, 0.3) is 0 Å². The van der Waals surface area contributed by atoms with E-state index in [0.29, 0.717) is 28.6 Å². The van der Waals surface area contributed by atoms with Crippen molar-refractivity contribution in [1.82, 2.24) is 4.90 Å². The molecule has 0 aromatic heterocycles. The number of amides is 1. The van der Waals surface area contributed by atoms with Gasteiger partial charge in [-0.05, 0) is 31.5 Å². The first-order valence-corrected chi connectivity index (χ1v) is 8.87. The zero-order valence-electron chi connectivity index (χ0n) is 11.0. The quantitative estimate of drug-likeness (QED) is 0.853. The van der Waals surface area contributed by atoms with E-state index in [0.717, 1.165) is 0 Å². The van der Waals surface area contributed by atoms with Gasteiger partial charge in [0.15, 0.2) is 9.84 Å². The fourth-order valence-corrected chi connectivity index (χ4v) is 4.69. The Morgan fingerprint density at radius 1 is 1.30 bits per heavy atom. The number of carbonyl (C=O) groups is 1. The zero-order valence-corrected chi connectivity index (χ0v) is 13.3. The Labute approximate surface area is 128 Å². The molecule has 1 fully saturated rings. The molecule has 1 amide bonds. The van der Waals surface area contributed by atoms with Crippen LogP contribution >= 0.6 is 23.2 Å². The SMILES string of the molecule is CCN(C(=O)c1cc(Cl)cc(Cl)c1)C1CCS(=O)(=O)C1. The van der Waals surface area contributed by atoms with Crippen molar-refractivity contribution in [3.8, 4) is 0 Å². The average Bonchev–Trinajstić information content (AvgIpc) is 2.69. The van der Waals surface area contributed by atoms with Crippen LogP contribution in [-0.2, 0) is 9.84 Å². The summed E-state index contributed by atoms with van der Waals surface area (Å²) in [6.45, 7) is 2.28. The summed E-state index contributed by atoms with van der Waals surface area (Å²) in [4.78, 5) is 14.1. The highest BCUT2D eigenvalue weighted by atomic mass is 35.5. The van der Waals surface area contributed by atoms with E-state index < -0.39 is 9.84 Å². The van der Waals surface area contributed by atoms with Crippen molar-refractivity contribution in [2.75, 3.05) is 18.1 Å². The van der Waals surface area contributed by atoms with Crippen LogP contribution in [0.3, 0.4) is 0 Å². The molecule has 7 heteroatoms. The second-order valence-corrected chi connectivity index (χ2v) is 7.91. The summed E-state index contributed by atoms with van der Waals surface area (Å²) < 4.78 is 23.1. The topological polar surface area (TPSA) is 54.5 Å². The van der Waals surface area contributed by atoms with Crippen LogP contribution < -0.4 is 0 Å². The number of benzene rings is 1. The third-order valence-electron chi connectivity index (χ3n) is 3.36. The lowest BCUT2D eigenvalue weighted by Crippen LogP contribution is -2.41. The maximum absolute atomic E-state index is 12.5. The molecule has 0 radical (unpaired) electrons. The van der Waals surface area contributed by atoms with Gasteiger partial charge < -0.3 is 4.90 Å². The molecule has 1 unspecified atom stereocenters. The van der Waals surface area contributed by atoms with E-state index in [4.69, 9.17) is 23.2 Å². The monoisotopic (exact) mass is 335 g/mol. The third kappa shape index (κ3) is 3.45. The molecule has 1 saturated heterocycles. The van der Waals surface area contributed by atoms with Crippen molar-refractivity contribution < 1.29 is 13.2 Å². The van der Waals surface area contributed by atoms with Gasteiger partial charge in [-0.2, -0.15) is 0 Å². The largest absolute Gasteiger partial charge is 0.335 e. The maximum Gasteiger partial charge on any atom is 0.254 e. The van der Waals surface area contributed by atoms with Crippen molar-refractivity contribution in [3.05, 3.63) is 33.8 Å². The molecule has 1 aromatic carbocycles. The summed E-state index contributed by atoms with van der Waals surface area (Å²) in [5.41, 5.74) is 0.383. The summed E-state index contributed by atoms with van der Waals surface area (Å²) in [5.74, 6) is -0.0717. The molecule has 0 aliphatic carbocycles. The Hall–Kier alpha value is -0.780. The lowest BCUT2D eigenvalue weighted by atomic mass is 10.1. The number of hydrogen-bond acceptors (Lipinski definition) is 3. The van der Waals surface area contributed by atoms with Crippen LogP contribution in [0.2, 0.25) is 10.0 Å². The van der Waals surface area contributed by atoms with Gasteiger partial charge in [-0.1, -0.05) is 23.2 Å². The van der Waals surface area contributed by atoms with Gasteiger partial charge in [0.1, 0.15) is 0 Å². The first kappa shape index (κ1) is 15.6. The van der Waals surface area contributed by atoms with Crippen LogP contribution in [-0.4, -0.2) is 43.3 Å². The lowest BCUT2D eigenvalue weighted by molar-refractivity contribution is 0.0708. The minimum absolute atomic E-state index is 0.0286. The van der Waals surface area contributed by atoms with Crippen molar-refractivity contribution in [2.45, 2.75) is 19.4 Å². The molecule has 110 valence electrons. The van der Waals surface area contributed by atoms with E-state index in [9.17, 15) is 13.2 Å². The van der Waals surface area contributed by atoms with E-state index in [1.54, 1.807) is 23.1 Å². The van der Waals surface area contributed by atoms with E-state index in [2.05, 4.69) is 0 Å². The summed E-state index contributed by atoms with van der Waals surface area (Å²) in [6.07, 6.45) is 0.482. The Balaban J connectivity index is 2.25. The summed E-state index contributed by atoms with van der Waals surface area (Å²) >= 11 is 11.8. The van der Waals surface area contributed by atoms with Crippen molar-refractivity contribution in [1.29, 1.82) is 0 Å². The van der Waals surface area contributed by atoms with Gasteiger partial charge in [0.2, 0.25) is 0 Å². The van der Waals surface area contributed by atoms with Crippen molar-refractivity contribution >= 4 is 38.9 Å². The first-order valence-electron chi connectivity index (χ1n) is 6.30. The Kier molecular flexibility index (Phi) is 4.62. The molecule has 0 spiro atoms. The molecule has 2 rings (SSSR count). The third-order valence-corrected chi connectivity index (χ3v) is 5.55. The second-order valence-electron chi connectivity index (χ2n) is 4.81. The molecule has 1 aliphatic heterocycles. The number of sulfone groups is 1. The molecule has 0 N–H and O–H groups in total. The van der Waals surface area contributed by atoms with Crippen LogP contribution in [0.5, 0.6) is 0 Å². The second kappa shape index (κ2) is 5.92. The smallest absolute Gasteiger partial charge is 0.254 e. The molecule has 0 bridgehead atoms. The standard InChI is InChI=1S/C13H15Cl2NO3S/c1-2-16(12-3-4-20(18,19)8-12)13(17)9-5-10(14)7-11(15)6-9/h5-7,12H,2-4,8H2,1H3. The van der Waals surface area contributed by atoms with E-state index in [1.807, 2.05) is 6.92 Å². The lowest BCUT2D eigenvalue weighted by Gasteiger charge is -2.27. The fraction of sp³-hybridized carbons (Fsp3) is 0.462. The number of rotatable bonds is 3. The van der Waals surface area contributed by atoms with E-state index in [-0.39, 0.29) is 23.5 Å². The van der Waals surface area contributed by atoms with Gasteiger partial charge in [0.25, 0.3) is 5.91 Å². The number of carbonyl (C=O) groups excluding carboxylic acids is 1. The highest BCUT2D eigenvalue weighted by Crippen LogP contribution is 2.23. The van der Waals surface area contributed by atoms with E-state index in [1.165, 1.54) is 0 Å². The fourth-order valence-electron chi connectivity index (χ4n) is 2.43. The van der Waals surface area contributed by atoms with Gasteiger partial charge in [-0.15, -0.1) is 0 Å². The summed E-state index contributed by atoms with van der Waals surface area (Å²) in [7, 11) is -3.03. The number of nitrogens with zero attached hydrogens (tertiary/aromatic N) is 1. The Morgan fingerprint density at radius 2 is 1.90 bits per heavy atom. The molecular weight excluding hydrogens is 321 g/mol. The molecule has 1 heterocycles. The molecule has 1 aromatic rings. The highest BCUT2D eigenvalue weighted by molar-refractivity contribution is 7.91. The predicted molar refractivity (Wildman–Crippen MR) is 80.2 cm³/mol. The van der Waals surface area contributed by atoms with Gasteiger partial charge in [0.05, 0.1) is 11.5 Å². The molecule has 1 aliphatic rings. The first-order chi connectivity index (χ1) is 9.32. The normalized spacial score (nSPS) is 20.9. The van der Waals surface area contributed by atoms with Gasteiger partial charge in [0, 0.05) is 28.2 Å². The molecule has 0 saturated carbocycles. The van der Waals surface area contributed by atoms with Gasteiger partial charge in [-0.25, -0.2) is 8.42 Å². The van der Waals surface area contributed by atoms with Gasteiger partial charge >= 0.3 is 0 Å². The van der Waals surface area contributed by atoms with E-state index >= 15 is 0 Å². The van der Waals surface area contributed by atoms with Crippen LogP contribution in [0.4, 0.5) is 0 Å². The minimum atomic E-state index is -3.03. The molecule has 1 atom stereocenters. The molecule has 20 heavy (non-hydrogen) atoms. The van der Waals surface area contributed by atoms with Crippen LogP contribution in [0, 0.1) is 0 Å². The number of hydrogen-bond donors (Lipinski definition) is 0. The summed E-state index contributed by atoms with van der Waals surface area (Å²) in [5, 5.41) is 0.770. The zero-order chi connectivity index (χ0) is 14.9. The van der Waals surface area contributed by atoms with Gasteiger partial charge in [-0.3, -0.25) is 4.79 Å². The molecular formula is C13H15Cl2NO3S. The van der Waals surface area contributed by atoms with Crippen molar-refractivity contribution in [2.24, 2.45) is 0 Å². The van der Waals surface area contributed by atoms with Crippen LogP contribution in [0.1, 0.15) is 23.7 Å².